The number of nitrogens with zero attached hydrogens (tertiary/aromatic N) is 2. The standard InChI is InChI=1S/C16H28N2O/c1-5-14-10-15(18(6-2)17-14)16(19)13-8-7-11(3)12(4)9-13/h10-13,16,19H,5-9H2,1-4H3. The van der Waals surface area contributed by atoms with Crippen LogP contribution >= 0.6 is 0 Å². The molecule has 1 aliphatic carbocycles. The molecular weight excluding hydrogens is 236 g/mol. The molecule has 0 aliphatic heterocycles. The van der Waals surface area contributed by atoms with E-state index in [0.717, 1.165) is 49.0 Å². The van der Waals surface area contributed by atoms with Crippen molar-refractivity contribution in [2.75, 3.05) is 0 Å². The minimum Gasteiger partial charge on any atom is -0.387 e. The van der Waals surface area contributed by atoms with Crippen LogP contribution in [0, 0.1) is 17.8 Å². The van der Waals surface area contributed by atoms with Gasteiger partial charge < -0.3 is 5.11 Å². The van der Waals surface area contributed by atoms with E-state index in [9.17, 15) is 5.11 Å². The largest absolute Gasteiger partial charge is 0.387 e. The molecule has 0 saturated heterocycles. The summed E-state index contributed by atoms with van der Waals surface area (Å²) in [5, 5.41) is 15.3. The Balaban J connectivity index is 2.14. The summed E-state index contributed by atoms with van der Waals surface area (Å²) in [7, 11) is 0. The first kappa shape index (κ1) is 14.6. The van der Waals surface area contributed by atoms with Gasteiger partial charge in [0, 0.05) is 6.54 Å². The fourth-order valence-electron chi connectivity index (χ4n) is 3.27. The van der Waals surface area contributed by atoms with E-state index in [0.29, 0.717) is 5.92 Å². The van der Waals surface area contributed by atoms with Crippen LogP contribution in [0.5, 0.6) is 0 Å². The zero-order valence-electron chi connectivity index (χ0n) is 12.8. The second-order valence-corrected chi connectivity index (χ2v) is 6.20. The van der Waals surface area contributed by atoms with Gasteiger partial charge in [-0.05, 0) is 50.0 Å². The van der Waals surface area contributed by atoms with Gasteiger partial charge in [0.05, 0.1) is 17.5 Å². The van der Waals surface area contributed by atoms with Crippen molar-refractivity contribution in [3.63, 3.8) is 0 Å². The first-order valence-electron chi connectivity index (χ1n) is 7.81. The van der Waals surface area contributed by atoms with E-state index < -0.39 is 0 Å². The highest BCUT2D eigenvalue weighted by Crippen LogP contribution is 2.39. The summed E-state index contributed by atoms with van der Waals surface area (Å²) >= 11 is 0. The van der Waals surface area contributed by atoms with Gasteiger partial charge in [0.15, 0.2) is 0 Å². The van der Waals surface area contributed by atoms with Gasteiger partial charge >= 0.3 is 0 Å². The third-order valence-corrected chi connectivity index (χ3v) is 4.91. The lowest BCUT2D eigenvalue weighted by Crippen LogP contribution is -2.26. The monoisotopic (exact) mass is 264 g/mol. The van der Waals surface area contributed by atoms with Crippen molar-refractivity contribution < 1.29 is 5.11 Å². The Morgan fingerprint density at radius 2 is 2.05 bits per heavy atom. The van der Waals surface area contributed by atoms with Crippen LogP contribution in [0.2, 0.25) is 0 Å². The molecule has 3 nitrogen and oxygen atoms in total. The number of hydrogen-bond donors (Lipinski definition) is 1. The van der Waals surface area contributed by atoms with Crippen molar-refractivity contribution in [1.82, 2.24) is 9.78 Å². The molecule has 1 N–H and O–H groups in total. The lowest BCUT2D eigenvalue weighted by molar-refractivity contribution is 0.0499. The molecular formula is C16H28N2O. The predicted octanol–water partition coefficient (Wildman–Crippen LogP) is 3.57. The van der Waals surface area contributed by atoms with Crippen LogP contribution in [-0.4, -0.2) is 14.9 Å². The van der Waals surface area contributed by atoms with Gasteiger partial charge in [-0.2, -0.15) is 5.10 Å². The third kappa shape index (κ3) is 3.02. The molecule has 0 amide bonds. The summed E-state index contributed by atoms with van der Waals surface area (Å²) in [4.78, 5) is 0. The number of aryl methyl sites for hydroxylation is 2. The molecule has 1 fully saturated rings. The topological polar surface area (TPSA) is 38.0 Å². The normalized spacial score (nSPS) is 29.4. The van der Waals surface area contributed by atoms with Gasteiger partial charge in [0.1, 0.15) is 0 Å². The summed E-state index contributed by atoms with van der Waals surface area (Å²) in [6, 6.07) is 2.09. The van der Waals surface area contributed by atoms with Crippen molar-refractivity contribution in [1.29, 1.82) is 0 Å². The zero-order chi connectivity index (χ0) is 14.0. The van der Waals surface area contributed by atoms with Crippen LogP contribution < -0.4 is 0 Å². The lowest BCUT2D eigenvalue weighted by atomic mass is 9.73. The smallest absolute Gasteiger partial charge is 0.0984 e. The zero-order valence-corrected chi connectivity index (χ0v) is 12.8. The lowest BCUT2D eigenvalue weighted by Gasteiger charge is -2.34. The minimum absolute atomic E-state index is 0.345. The van der Waals surface area contributed by atoms with Crippen LogP contribution in [0.1, 0.15) is 64.4 Å². The second-order valence-electron chi connectivity index (χ2n) is 6.20. The molecule has 1 aromatic rings. The van der Waals surface area contributed by atoms with Gasteiger partial charge in [0.25, 0.3) is 0 Å². The summed E-state index contributed by atoms with van der Waals surface area (Å²) in [6.07, 6.45) is 4.11. The van der Waals surface area contributed by atoms with Crippen molar-refractivity contribution in [2.45, 2.75) is 66.0 Å². The molecule has 1 aromatic heterocycles. The fourth-order valence-corrected chi connectivity index (χ4v) is 3.27. The first-order valence-corrected chi connectivity index (χ1v) is 7.81. The van der Waals surface area contributed by atoms with E-state index >= 15 is 0 Å². The molecule has 19 heavy (non-hydrogen) atoms. The van der Waals surface area contributed by atoms with E-state index in [1.54, 1.807) is 0 Å². The van der Waals surface area contributed by atoms with Gasteiger partial charge in [0.2, 0.25) is 0 Å². The van der Waals surface area contributed by atoms with Crippen LogP contribution in [0.4, 0.5) is 0 Å². The van der Waals surface area contributed by atoms with Gasteiger partial charge in [-0.15, -0.1) is 0 Å². The van der Waals surface area contributed by atoms with Gasteiger partial charge in [-0.25, -0.2) is 0 Å². The maximum Gasteiger partial charge on any atom is 0.0984 e. The Kier molecular flexibility index (Phi) is 4.67. The molecule has 4 unspecified atom stereocenters. The molecule has 1 heterocycles. The Morgan fingerprint density at radius 1 is 1.32 bits per heavy atom. The first-order chi connectivity index (χ1) is 9.06. The number of rotatable bonds is 4. The highest BCUT2D eigenvalue weighted by Gasteiger charge is 2.31. The molecule has 0 radical (unpaired) electrons. The average molecular weight is 264 g/mol. The molecule has 108 valence electrons. The van der Waals surface area contributed by atoms with Crippen molar-refractivity contribution in [3.05, 3.63) is 17.5 Å². The molecule has 1 aliphatic rings. The van der Waals surface area contributed by atoms with Crippen molar-refractivity contribution in [2.24, 2.45) is 17.8 Å². The number of aliphatic hydroxyl groups excluding tert-OH is 1. The highest BCUT2D eigenvalue weighted by molar-refractivity contribution is 5.14. The molecule has 2 rings (SSSR count). The summed E-state index contributed by atoms with van der Waals surface area (Å²) in [5.74, 6) is 1.92. The molecule has 3 heteroatoms. The van der Waals surface area contributed by atoms with Crippen LogP contribution in [-0.2, 0) is 13.0 Å². The Hall–Kier alpha value is -0.830. The van der Waals surface area contributed by atoms with Crippen LogP contribution in [0.3, 0.4) is 0 Å². The number of aliphatic hydroxyl groups is 1. The third-order valence-electron chi connectivity index (χ3n) is 4.91. The van der Waals surface area contributed by atoms with Crippen LogP contribution in [0.25, 0.3) is 0 Å². The Labute approximate surface area is 117 Å². The SMILES string of the molecule is CCc1cc(C(O)C2CCC(C)C(C)C2)n(CC)n1. The van der Waals surface area contributed by atoms with Gasteiger partial charge in [-0.3, -0.25) is 4.68 Å². The van der Waals surface area contributed by atoms with Crippen molar-refractivity contribution in [3.8, 4) is 0 Å². The minimum atomic E-state index is -0.345. The van der Waals surface area contributed by atoms with Crippen LogP contribution in [0.15, 0.2) is 6.07 Å². The molecule has 4 atom stereocenters. The molecule has 1 saturated carbocycles. The van der Waals surface area contributed by atoms with E-state index in [4.69, 9.17) is 0 Å². The summed E-state index contributed by atoms with van der Waals surface area (Å²) in [5.41, 5.74) is 2.11. The second kappa shape index (κ2) is 6.08. The summed E-state index contributed by atoms with van der Waals surface area (Å²) in [6.45, 7) is 9.69. The van der Waals surface area contributed by atoms with E-state index in [-0.39, 0.29) is 6.10 Å². The molecule has 0 spiro atoms. The number of hydrogen-bond acceptors (Lipinski definition) is 2. The quantitative estimate of drug-likeness (QED) is 0.902. The van der Waals surface area contributed by atoms with E-state index in [2.05, 4.69) is 38.9 Å². The molecule has 0 bridgehead atoms. The predicted molar refractivity (Wildman–Crippen MR) is 77.9 cm³/mol. The highest BCUT2D eigenvalue weighted by atomic mass is 16.3. The number of aromatic nitrogens is 2. The maximum absolute atomic E-state index is 10.7. The molecule has 0 aromatic carbocycles. The van der Waals surface area contributed by atoms with Crippen molar-refractivity contribution >= 4 is 0 Å². The Bertz CT molecular complexity index is 413. The fraction of sp³-hybridized carbons (Fsp3) is 0.812. The van der Waals surface area contributed by atoms with Gasteiger partial charge in [-0.1, -0.05) is 27.2 Å². The Morgan fingerprint density at radius 3 is 2.63 bits per heavy atom. The maximum atomic E-state index is 10.7. The average Bonchev–Trinajstić information content (AvgIpc) is 2.84. The summed E-state index contributed by atoms with van der Waals surface area (Å²) < 4.78 is 1.98. The van der Waals surface area contributed by atoms with E-state index in [1.807, 2.05) is 4.68 Å². The van der Waals surface area contributed by atoms with E-state index in [1.165, 1.54) is 6.42 Å².